The van der Waals surface area contributed by atoms with Gasteiger partial charge in [0.25, 0.3) is 6.43 Å². The molecule has 0 saturated carbocycles. The van der Waals surface area contributed by atoms with Crippen LogP contribution in [0.15, 0.2) is 59.8 Å². The van der Waals surface area contributed by atoms with Gasteiger partial charge in [0.15, 0.2) is 10.9 Å². The highest BCUT2D eigenvalue weighted by Crippen LogP contribution is 2.34. The van der Waals surface area contributed by atoms with Crippen molar-refractivity contribution in [3.8, 4) is 22.7 Å². The second-order valence-electron chi connectivity index (χ2n) is 8.14. The molecule has 0 aliphatic rings. The Morgan fingerprint density at radius 3 is 2.33 bits per heavy atom. The largest absolute Gasteiger partial charge is 0.496 e. The van der Waals surface area contributed by atoms with Gasteiger partial charge >= 0.3 is 11.9 Å². The molecule has 4 rings (SSSR count). The lowest BCUT2D eigenvalue weighted by molar-refractivity contribution is 0.0549. The lowest BCUT2D eigenvalue weighted by atomic mass is 10.0. The highest BCUT2D eigenvalue weighted by molar-refractivity contribution is 7.98. The molecule has 0 aliphatic heterocycles. The number of hydrogen-bond donors (Lipinski definition) is 0. The zero-order valence-electron chi connectivity index (χ0n) is 21.5. The molecule has 2 aromatic carbocycles. The van der Waals surface area contributed by atoms with E-state index in [1.54, 1.807) is 49.4 Å². The Bertz CT molecular complexity index is 1510. The van der Waals surface area contributed by atoms with E-state index < -0.39 is 18.4 Å². The lowest BCUT2D eigenvalue weighted by Crippen LogP contribution is -2.15. The van der Waals surface area contributed by atoms with Crippen LogP contribution in [0.3, 0.4) is 0 Å². The summed E-state index contributed by atoms with van der Waals surface area (Å²) >= 11 is 1.15. The van der Waals surface area contributed by atoms with Gasteiger partial charge < -0.3 is 14.2 Å². The van der Waals surface area contributed by atoms with Crippen molar-refractivity contribution >= 4 is 23.7 Å². The van der Waals surface area contributed by atoms with E-state index in [9.17, 15) is 18.4 Å². The van der Waals surface area contributed by atoms with Crippen LogP contribution < -0.4 is 4.74 Å². The Morgan fingerprint density at radius 2 is 1.69 bits per heavy atom. The second kappa shape index (κ2) is 12.0. The topological polar surface area (TPSA) is 105 Å². The van der Waals surface area contributed by atoms with Gasteiger partial charge in [-0.2, -0.15) is 5.10 Å². The highest BCUT2D eigenvalue weighted by atomic mass is 32.2. The summed E-state index contributed by atoms with van der Waals surface area (Å²) in [5.41, 5.74) is 1.78. The number of aromatic nitrogens is 4. The van der Waals surface area contributed by atoms with Crippen LogP contribution in [-0.4, -0.2) is 53.0 Å². The number of benzene rings is 2. The molecule has 202 valence electrons. The number of carbonyl (C=O) groups is 2. The van der Waals surface area contributed by atoms with Crippen molar-refractivity contribution in [1.82, 2.24) is 19.7 Å². The summed E-state index contributed by atoms with van der Waals surface area (Å²) in [4.78, 5) is 34.0. The van der Waals surface area contributed by atoms with Gasteiger partial charge in [0.2, 0.25) is 0 Å². The van der Waals surface area contributed by atoms with Gasteiger partial charge in [-0.05, 0) is 43.3 Å². The SMILES string of the molecule is COC(=O)c1c(-c2ccc(OC)c(CSc3nc(C)cc(C(F)F)n3)c2)nn(-c2ccccc2)c1C(=O)OC. The van der Waals surface area contributed by atoms with Crippen molar-refractivity contribution in [1.29, 1.82) is 0 Å². The zero-order chi connectivity index (χ0) is 28.1. The molecule has 2 heterocycles. The average Bonchev–Trinajstić information content (AvgIpc) is 3.36. The van der Waals surface area contributed by atoms with E-state index in [0.717, 1.165) is 11.8 Å². The van der Waals surface area contributed by atoms with Gasteiger partial charge in [0, 0.05) is 22.6 Å². The Morgan fingerprint density at radius 1 is 0.974 bits per heavy atom. The van der Waals surface area contributed by atoms with Gasteiger partial charge in [-0.3, -0.25) is 0 Å². The molecule has 0 aliphatic carbocycles. The molecule has 2 aromatic heterocycles. The lowest BCUT2D eigenvalue weighted by Gasteiger charge is -2.11. The summed E-state index contributed by atoms with van der Waals surface area (Å²) in [5.74, 6) is -0.760. The molecule has 39 heavy (non-hydrogen) atoms. The molecule has 0 bridgehead atoms. The molecular weight excluding hydrogens is 530 g/mol. The minimum atomic E-state index is -2.72. The van der Waals surface area contributed by atoms with E-state index in [4.69, 9.17) is 14.2 Å². The molecule has 0 saturated heterocycles. The number of para-hydroxylation sites is 1. The first-order valence-corrected chi connectivity index (χ1v) is 12.5. The molecule has 4 aromatic rings. The number of nitrogens with zero attached hydrogens (tertiary/aromatic N) is 4. The van der Waals surface area contributed by atoms with Gasteiger partial charge in [-0.1, -0.05) is 30.0 Å². The number of esters is 2. The van der Waals surface area contributed by atoms with Crippen LogP contribution in [0.5, 0.6) is 5.75 Å². The van der Waals surface area contributed by atoms with Crippen molar-refractivity contribution in [3.05, 3.63) is 82.8 Å². The van der Waals surface area contributed by atoms with Crippen molar-refractivity contribution < 1.29 is 32.6 Å². The van der Waals surface area contributed by atoms with Crippen LogP contribution in [-0.2, 0) is 15.2 Å². The Balaban J connectivity index is 1.82. The number of alkyl halides is 2. The maximum absolute atomic E-state index is 13.2. The van der Waals surface area contributed by atoms with E-state index in [-0.39, 0.29) is 33.6 Å². The van der Waals surface area contributed by atoms with Crippen molar-refractivity contribution in [2.24, 2.45) is 0 Å². The van der Waals surface area contributed by atoms with Crippen LogP contribution in [0.1, 0.15) is 44.2 Å². The van der Waals surface area contributed by atoms with E-state index in [0.29, 0.717) is 28.3 Å². The van der Waals surface area contributed by atoms with E-state index in [1.807, 2.05) is 6.07 Å². The third kappa shape index (κ3) is 5.90. The number of ether oxygens (including phenoxy) is 3. The second-order valence-corrected chi connectivity index (χ2v) is 9.08. The minimum absolute atomic E-state index is 0.0689. The number of halogens is 2. The normalized spacial score (nSPS) is 10.9. The Labute approximate surface area is 227 Å². The summed E-state index contributed by atoms with van der Waals surface area (Å²) in [7, 11) is 3.92. The van der Waals surface area contributed by atoms with Crippen molar-refractivity contribution in [2.45, 2.75) is 24.3 Å². The van der Waals surface area contributed by atoms with Gasteiger partial charge in [0.05, 0.1) is 27.0 Å². The Kier molecular flexibility index (Phi) is 8.55. The first-order valence-electron chi connectivity index (χ1n) is 11.6. The Hall–Kier alpha value is -4.32. The maximum Gasteiger partial charge on any atom is 0.357 e. The molecule has 0 spiro atoms. The summed E-state index contributed by atoms with van der Waals surface area (Å²) in [6.45, 7) is 1.62. The first-order chi connectivity index (χ1) is 18.8. The molecular formula is C27H24F2N4O5S. The van der Waals surface area contributed by atoms with Crippen LogP contribution in [0.2, 0.25) is 0 Å². The van der Waals surface area contributed by atoms with Gasteiger partial charge in [-0.25, -0.2) is 33.0 Å². The fourth-order valence-electron chi connectivity index (χ4n) is 3.88. The molecule has 12 heteroatoms. The van der Waals surface area contributed by atoms with Crippen molar-refractivity contribution in [3.63, 3.8) is 0 Å². The number of methoxy groups -OCH3 is 3. The molecule has 0 radical (unpaired) electrons. The third-order valence-corrected chi connectivity index (χ3v) is 6.54. The molecule has 0 fully saturated rings. The standard InChI is InChI=1S/C27H24F2N4O5S/c1-15-12-19(24(28)29)31-27(30-15)39-14-17-13-16(10-11-20(17)36-2)22-21(25(34)37-3)23(26(35)38-4)33(32-22)18-8-6-5-7-9-18/h5-13,24H,14H2,1-4H3. The smallest absolute Gasteiger partial charge is 0.357 e. The molecule has 9 nitrogen and oxygen atoms in total. The van der Waals surface area contributed by atoms with Crippen LogP contribution in [0, 0.1) is 6.92 Å². The van der Waals surface area contributed by atoms with E-state index in [1.165, 1.54) is 32.1 Å². The number of carbonyl (C=O) groups excluding carboxylic acids is 2. The molecule has 0 unspecified atom stereocenters. The number of aryl methyl sites for hydroxylation is 1. The third-order valence-electron chi connectivity index (χ3n) is 5.64. The first kappa shape index (κ1) is 27.7. The highest BCUT2D eigenvalue weighted by Gasteiger charge is 2.31. The van der Waals surface area contributed by atoms with E-state index >= 15 is 0 Å². The number of thioether (sulfide) groups is 1. The summed E-state index contributed by atoms with van der Waals surface area (Å²) in [5, 5.41) is 4.79. The zero-order valence-corrected chi connectivity index (χ0v) is 22.3. The monoisotopic (exact) mass is 554 g/mol. The van der Waals surface area contributed by atoms with Crippen LogP contribution >= 0.6 is 11.8 Å². The number of hydrogen-bond acceptors (Lipinski definition) is 9. The number of rotatable bonds is 9. The summed E-state index contributed by atoms with van der Waals surface area (Å²) < 4.78 is 43.2. The fraction of sp³-hybridized carbons (Fsp3) is 0.222. The molecule has 0 amide bonds. The van der Waals surface area contributed by atoms with Gasteiger partial charge in [-0.15, -0.1) is 0 Å². The summed E-state index contributed by atoms with van der Waals surface area (Å²) in [6.07, 6.45) is -2.72. The predicted molar refractivity (Wildman–Crippen MR) is 140 cm³/mol. The maximum atomic E-state index is 13.2. The molecule has 0 atom stereocenters. The van der Waals surface area contributed by atoms with Crippen molar-refractivity contribution in [2.75, 3.05) is 21.3 Å². The predicted octanol–water partition coefficient (Wildman–Crippen LogP) is 5.45. The van der Waals surface area contributed by atoms with Gasteiger partial charge in [0.1, 0.15) is 22.7 Å². The van der Waals surface area contributed by atoms with Crippen LogP contribution in [0.4, 0.5) is 8.78 Å². The average molecular weight is 555 g/mol. The van der Waals surface area contributed by atoms with E-state index in [2.05, 4.69) is 15.1 Å². The fourth-order valence-corrected chi connectivity index (χ4v) is 4.77. The summed E-state index contributed by atoms with van der Waals surface area (Å²) in [6, 6.07) is 15.2. The minimum Gasteiger partial charge on any atom is -0.496 e. The quantitative estimate of drug-likeness (QED) is 0.152. The van der Waals surface area contributed by atoms with Crippen LogP contribution in [0.25, 0.3) is 16.9 Å². The molecule has 0 N–H and O–H groups in total.